The number of nitrogens with zero attached hydrogens (tertiary/aromatic N) is 2. The molecule has 0 aliphatic heterocycles. The normalized spacial score (nSPS) is 13.3. The number of hydrogen-bond acceptors (Lipinski definition) is 1. The Balaban J connectivity index is 1.32. The molecule has 1 aliphatic carbocycles. The largest absolute Gasteiger partial charge is 0.456 e. The van der Waals surface area contributed by atoms with E-state index in [1.54, 1.807) is 0 Å². The molecule has 0 N–H and O–H groups in total. The van der Waals surface area contributed by atoms with Gasteiger partial charge in [-0.15, -0.1) is 0 Å². The van der Waals surface area contributed by atoms with E-state index < -0.39 is 0 Å². The standard InChI is InChI=1S/C37H26N2O/c1-23-14-17-34-29(20-23)26-8-2-5-11-32(26)38(34)24-15-18-35-30(21-24)27-9-3-6-12-33(27)39(35)25-16-19-37-31(22-25)28-10-4-7-13-36(28)40-37/h2-3,5-9,11-22H,4,10H2,1H3. The lowest BCUT2D eigenvalue weighted by Crippen LogP contribution is -1.96. The van der Waals surface area contributed by atoms with E-state index in [1.807, 2.05) is 0 Å². The van der Waals surface area contributed by atoms with Gasteiger partial charge in [-0.1, -0.05) is 54.1 Å². The van der Waals surface area contributed by atoms with Crippen LogP contribution in [0.15, 0.2) is 114 Å². The van der Waals surface area contributed by atoms with Crippen molar-refractivity contribution in [3.05, 3.63) is 126 Å². The Bertz CT molecular complexity index is 2340. The molecule has 0 spiro atoms. The molecule has 1 aliphatic rings. The topological polar surface area (TPSA) is 23.0 Å². The molecule has 0 bridgehead atoms. The van der Waals surface area contributed by atoms with Crippen LogP contribution in [0.3, 0.4) is 0 Å². The van der Waals surface area contributed by atoms with Crippen LogP contribution in [0.4, 0.5) is 0 Å². The molecule has 8 aromatic rings. The van der Waals surface area contributed by atoms with Crippen molar-refractivity contribution < 1.29 is 4.42 Å². The molecule has 9 rings (SSSR count). The van der Waals surface area contributed by atoms with Crippen LogP contribution < -0.4 is 0 Å². The lowest BCUT2D eigenvalue weighted by molar-refractivity contribution is 0.595. The monoisotopic (exact) mass is 514 g/mol. The van der Waals surface area contributed by atoms with Crippen LogP contribution in [0.1, 0.15) is 23.3 Å². The van der Waals surface area contributed by atoms with Crippen LogP contribution in [0.2, 0.25) is 0 Å². The van der Waals surface area contributed by atoms with Crippen LogP contribution in [0.5, 0.6) is 0 Å². The number of rotatable bonds is 2. The number of aromatic nitrogens is 2. The summed E-state index contributed by atoms with van der Waals surface area (Å²) in [6.07, 6.45) is 6.41. The molecule has 0 radical (unpaired) electrons. The van der Waals surface area contributed by atoms with E-state index in [1.165, 1.54) is 65.8 Å². The maximum Gasteiger partial charge on any atom is 0.135 e. The molecule has 0 saturated carbocycles. The summed E-state index contributed by atoms with van der Waals surface area (Å²) < 4.78 is 11.0. The molecule has 5 aromatic carbocycles. The van der Waals surface area contributed by atoms with Gasteiger partial charge in [-0.05, 0) is 86.5 Å². The third-order valence-corrected chi connectivity index (χ3v) is 8.64. The second-order valence-electron chi connectivity index (χ2n) is 11.0. The summed E-state index contributed by atoms with van der Waals surface area (Å²) in [5.74, 6) is 1.01. The average molecular weight is 515 g/mol. The zero-order chi connectivity index (χ0) is 26.4. The van der Waals surface area contributed by atoms with Gasteiger partial charge in [-0.2, -0.15) is 0 Å². The van der Waals surface area contributed by atoms with E-state index in [0.29, 0.717) is 0 Å². The third-order valence-electron chi connectivity index (χ3n) is 8.64. The molecular weight excluding hydrogens is 488 g/mol. The van der Waals surface area contributed by atoms with Gasteiger partial charge >= 0.3 is 0 Å². The molecule has 0 fully saturated rings. The zero-order valence-electron chi connectivity index (χ0n) is 22.2. The summed E-state index contributed by atoms with van der Waals surface area (Å²) in [6, 6.07) is 37.8. The highest BCUT2D eigenvalue weighted by atomic mass is 16.3. The summed E-state index contributed by atoms with van der Waals surface area (Å²) >= 11 is 0. The Morgan fingerprint density at radius 3 is 1.93 bits per heavy atom. The summed E-state index contributed by atoms with van der Waals surface area (Å²) in [5, 5.41) is 6.32. The first kappa shape index (κ1) is 21.9. The molecular formula is C37H26N2O. The maximum atomic E-state index is 6.17. The van der Waals surface area contributed by atoms with Crippen molar-refractivity contribution in [3.63, 3.8) is 0 Å². The molecule has 40 heavy (non-hydrogen) atoms. The Morgan fingerprint density at radius 2 is 1.18 bits per heavy atom. The van der Waals surface area contributed by atoms with E-state index in [9.17, 15) is 0 Å². The van der Waals surface area contributed by atoms with Gasteiger partial charge in [0.25, 0.3) is 0 Å². The average Bonchev–Trinajstić information content (AvgIpc) is 3.64. The number of para-hydroxylation sites is 2. The number of fused-ring (bicyclic) bond motifs is 9. The molecule has 3 heteroatoms. The quantitative estimate of drug-likeness (QED) is 0.225. The van der Waals surface area contributed by atoms with Crippen molar-refractivity contribution in [3.8, 4) is 11.4 Å². The first-order chi connectivity index (χ1) is 19.7. The minimum atomic E-state index is 0.963. The molecule has 3 aromatic heterocycles. The lowest BCUT2D eigenvalue weighted by Gasteiger charge is -2.11. The number of allylic oxidation sites excluding steroid dienone is 1. The predicted molar refractivity (Wildman–Crippen MR) is 167 cm³/mol. The van der Waals surface area contributed by atoms with Crippen molar-refractivity contribution in [1.29, 1.82) is 0 Å². The molecule has 0 saturated heterocycles. The fraction of sp³-hybridized carbons (Fsp3) is 0.0811. The second-order valence-corrected chi connectivity index (χ2v) is 11.0. The van der Waals surface area contributed by atoms with Crippen LogP contribution in [0, 0.1) is 6.92 Å². The number of hydrogen-bond donors (Lipinski definition) is 0. The van der Waals surface area contributed by atoms with Gasteiger partial charge in [0.15, 0.2) is 0 Å². The molecule has 0 amide bonds. The molecule has 3 nitrogen and oxygen atoms in total. The lowest BCUT2D eigenvalue weighted by atomic mass is 10.0. The number of benzene rings is 5. The summed E-state index contributed by atoms with van der Waals surface area (Å²) in [6.45, 7) is 2.17. The van der Waals surface area contributed by atoms with Gasteiger partial charge < -0.3 is 13.6 Å². The number of aryl methyl sites for hydroxylation is 2. The van der Waals surface area contributed by atoms with Gasteiger partial charge in [-0.3, -0.25) is 0 Å². The molecule has 0 unspecified atom stereocenters. The smallest absolute Gasteiger partial charge is 0.135 e. The van der Waals surface area contributed by atoms with Crippen molar-refractivity contribution in [2.75, 3.05) is 0 Å². The summed E-state index contributed by atoms with van der Waals surface area (Å²) in [7, 11) is 0. The van der Waals surface area contributed by atoms with Gasteiger partial charge in [0.1, 0.15) is 11.3 Å². The number of furan rings is 1. The molecule has 3 heterocycles. The minimum Gasteiger partial charge on any atom is -0.456 e. The molecule has 0 atom stereocenters. The Labute approximate surface area is 231 Å². The van der Waals surface area contributed by atoms with E-state index in [-0.39, 0.29) is 0 Å². The van der Waals surface area contributed by atoms with Crippen LogP contribution >= 0.6 is 0 Å². The van der Waals surface area contributed by atoms with Crippen LogP contribution in [0.25, 0.3) is 72.0 Å². The van der Waals surface area contributed by atoms with Crippen molar-refractivity contribution in [2.45, 2.75) is 19.8 Å². The Kier molecular flexibility index (Phi) is 4.37. The fourth-order valence-corrected chi connectivity index (χ4v) is 6.85. The summed E-state index contributed by atoms with van der Waals surface area (Å²) in [4.78, 5) is 0. The third kappa shape index (κ3) is 2.95. The fourth-order valence-electron chi connectivity index (χ4n) is 6.85. The van der Waals surface area contributed by atoms with Gasteiger partial charge in [-0.25, -0.2) is 0 Å². The first-order valence-electron chi connectivity index (χ1n) is 14.0. The summed E-state index contributed by atoms with van der Waals surface area (Å²) in [5.41, 5.74) is 10.8. The predicted octanol–water partition coefficient (Wildman–Crippen LogP) is 9.89. The zero-order valence-corrected chi connectivity index (χ0v) is 22.2. The van der Waals surface area contributed by atoms with Gasteiger partial charge in [0.05, 0.1) is 22.1 Å². The van der Waals surface area contributed by atoms with Crippen LogP contribution in [-0.2, 0) is 6.42 Å². The molecule has 190 valence electrons. The van der Waals surface area contributed by atoms with Crippen molar-refractivity contribution in [1.82, 2.24) is 9.13 Å². The van der Waals surface area contributed by atoms with Crippen molar-refractivity contribution >= 4 is 60.7 Å². The van der Waals surface area contributed by atoms with E-state index in [0.717, 1.165) is 29.9 Å². The highest BCUT2D eigenvalue weighted by molar-refractivity contribution is 6.12. The van der Waals surface area contributed by atoms with Gasteiger partial charge in [0.2, 0.25) is 0 Å². The van der Waals surface area contributed by atoms with Crippen LogP contribution in [-0.4, -0.2) is 9.13 Å². The van der Waals surface area contributed by atoms with Crippen molar-refractivity contribution in [2.24, 2.45) is 0 Å². The van der Waals surface area contributed by atoms with E-state index in [4.69, 9.17) is 4.42 Å². The second kappa shape index (κ2) is 8.00. The first-order valence-corrected chi connectivity index (χ1v) is 14.0. The highest BCUT2D eigenvalue weighted by Crippen LogP contribution is 2.38. The Hall–Kier alpha value is -5.02. The maximum absolute atomic E-state index is 6.17. The Morgan fingerprint density at radius 1 is 0.575 bits per heavy atom. The minimum absolute atomic E-state index is 0.963. The SMILES string of the molecule is Cc1ccc2c(c1)c1ccccc1n2-c1ccc2c(c1)c1ccccc1n2-c1ccc2oc3c(c2c1)CCC=C3. The van der Waals surface area contributed by atoms with Gasteiger partial charge in [0, 0.05) is 43.9 Å². The van der Waals surface area contributed by atoms with E-state index >= 15 is 0 Å². The van der Waals surface area contributed by atoms with E-state index in [2.05, 4.69) is 131 Å². The highest BCUT2D eigenvalue weighted by Gasteiger charge is 2.19.